The monoisotopic (exact) mass is 378 g/mol. The van der Waals surface area contributed by atoms with Crippen LogP contribution in [0.25, 0.3) is 0 Å². The minimum absolute atomic E-state index is 0.233. The molecule has 1 aliphatic rings. The predicted molar refractivity (Wildman–Crippen MR) is 98.4 cm³/mol. The third-order valence-electron chi connectivity index (χ3n) is 3.88. The predicted octanol–water partition coefficient (Wildman–Crippen LogP) is 5.11. The highest BCUT2D eigenvalue weighted by molar-refractivity contribution is 6.30. The van der Waals surface area contributed by atoms with E-state index >= 15 is 0 Å². The molecule has 0 saturated heterocycles. The minimum atomic E-state index is 0.233. The Kier molecular flexibility index (Phi) is 4.73. The summed E-state index contributed by atoms with van der Waals surface area (Å²) in [6.45, 7) is 0.575. The van der Waals surface area contributed by atoms with E-state index in [0.29, 0.717) is 40.2 Å². The van der Waals surface area contributed by atoms with Gasteiger partial charge in [0.1, 0.15) is 29.9 Å². The van der Waals surface area contributed by atoms with Crippen LogP contribution in [0.4, 0.5) is 0 Å². The molecule has 3 aromatic rings. The van der Waals surface area contributed by atoms with E-state index in [-0.39, 0.29) is 6.79 Å². The molecule has 3 aromatic carbocycles. The van der Waals surface area contributed by atoms with Gasteiger partial charge in [-0.25, -0.2) is 0 Å². The molecule has 0 amide bonds. The van der Waals surface area contributed by atoms with Gasteiger partial charge in [-0.1, -0.05) is 17.7 Å². The molecule has 0 unspecified atom stereocenters. The summed E-state index contributed by atoms with van der Waals surface area (Å²) < 4.78 is 22.3. The van der Waals surface area contributed by atoms with Crippen LogP contribution in [0.5, 0.6) is 28.7 Å². The van der Waals surface area contributed by atoms with E-state index < -0.39 is 0 Å². The van der Waals surface area contributed by atoms with E-state index in [4.69, 9.17) is 30.5 Å². The number of benzene rings is 3. The lowest BCUT2D eigenvalue weighted by Crippen LogP contribution is -1.97. The molecule has 0 spiro atoms. The zero-order valence-electron chi connectivity index (χ0n) is 14.1. The number of rotatable bonds is 5. The second-order valence-corrected chi connectivity index (χ2v) is 6.13. The maximum Gasteiger partial charge on any atom is 0.231 e. The number of nitriles is 1. The molecule has 1 aliphatic heterocycles. The summed E-state index contributed by atoms with van der Waals surface area (Å²) in [6.07, 6.45) is 0. The molecule has 1 radical (unpaired) electrons. The van der Waals surface area contributed by atoms with E-state index in [1.165, 1.54) is 0 Å². The molecule has 1 heterocycles. The van der Waals surface area contributed by atoms with Gasteiger partial charge in [-0.3, -0.25) is 0 Å². The first-order valence-corrected chi connectivity index (χ1v) is 8.49. The Morgan fingerprint density at radius 2 is 1.93 bits per heavy atom. The molecule has 0 fully saturated rings. The molecule has 27 heavy (non-hydrogen) atoms. The van der Waals surface area contributed by atoms with Crippen LogP contribution in [0.15, 0.2) is 54.6 Å². The van der Waals surface area contributed by atoms with Gasteiger partial charge in [0.05, 0.1) is 10.6 Å². The van der Waals surface area contributed by atoms with Gasteiger partial charge in [-0.2, -0.15) is 5.26 Å². The summed E-state index contributed by atoms with van der Waals surface area (Å²) in [6, 6.07) is 20.6. The first kappa shape index (κ1) is 17.1. The quantitative estimate of drug-likeness (QED) is 0.617. The zero-order valence-corrected chi connectivity index (χ0v) is 14.8. The Hall–Kier alpha value is -3.36. The molecular formula is C21H13ClNO4. The summed E-state index contributed by atoms with van der Waals surface area (Å²) >= 11 is 5.93. The number of fused-ring (bicyclic) bond motifs is 1. The van der Waals surface area contributed by atoms with Crippen molar-refractivity contribution in [3.8, 4) is 34.8 Å². The van der Waals surface area contributed by atoms with Gasteiger partial charge >= 0.3 is 0 Å². The molecule has 133 valence electrons. The Balaban J connectivity index is 1.51. The largest absolute Gasteiger partial charge is 0.489 e. The number of halogens is 1. The standard InChI is InChI=1S/C21H13ClNO4/c22-16-2-1-3-18(9-16)27-20-10-17(6-5-15(20)11-23)24-12-14-4-7-19-21(8-14)26-13-25-19/h1,3-10H,12-13H2. The van der Waals surface area contributed by atoms with Crippen molar-refractivity contribution in [3.63, 3.8) is 0 Å². The molecule has 0 saturated carbocycles. The van der Waals surface area contributed by atoms with E-state index in [1.807, 2.05) is 18.2 Å². The maximum absolute atomic E-state index is 9.31. The molecule has 0 aromatic heterocycles. The van der Waals surface area contributed by atoms with Gasteiger partial charge < -0.3 is 18.9 Å². The Morgan fingerprint density at radius 3 is 2.78 bits per heavy atom. The lowest BCUT2D eigenvalue weighted by Gasteiger charge is -2.11. The number of ether oxygens (including phenoxy) is 4. The third-order valence-corrected chi connectivity index (χ3v) is 4.10. The molecule has 5 nitrogen and oxygen atoms in total. The fourth-order valence-corrected chi connectivity index (χ4v) is 2.75. The average Bonchev–Trinajstić information content (AvgIpc) is 3.14. The number of nitrogens with zero attached hydrogens (tertiary/aromatic N) is 1. The van der Waals surface area contributed by atoms with Crippen molar-refractivity contribution in [3.05, 3.63) is 76.8 Å². The first-order valence-electron chi connectivity index (χ1n) is 8.12. The van der Waals surface area contributed by atoms with Crippen molar-refractivity contribution in [2.75, 3.05) is 6.79 Å². The van der Waals surface area contributed by atoms with Gasteiger partial charge in [-0.15, -0.1) is 0 Å². The topological polar surface area (TPSA) is 60.7 Å². The summed E-state index contributed by atoms with van der Waals surface area (Å²) in [5.41, 5.74) is 1.34. The van der Waals surface area contributed by atoms with Gasteiger partial charge in [0, 0.05) is 18.2 Å². The van der Waals surface area contributed by atoms with Gasteiger partial charge in [0.25, 0.3) is 0 Å². The minimum Gasteiger partial charge on any atom is -0.489 e. The molecule has 0 N–H and O–H groups in total. The fourth-order valence-electron chi connectivity index (χ4n) is 2.58. The molecular weight excluding hydrogens is 366 g/mol. The van der Waals surface area contributed by atoms with Gasteiger partial charge in [0.15, 0.2) is 11.5 Å². The van der Waals surface area contributed by atoms with Crippen LogP contribution in [0.1, 0.15) is 11.1 Å². The highest BCUT2D eigenvalue weighted by atomic mass is 35.5. The van der Waals surface area contributed by atoms with Crippen molar-refractivity contribution >= 4 is 11.6 Å². The molecule has 0 atom stereocenters. The van der Waals surface area contributed by atoms with Crippen molar-refractivity contribution in [1.29, 1.82) is 5.26 Å². The van der Waals surface area contributed by atoms with Crippen molar-refractivity contribution < 1.29 is 18.9 Å². The summed E-state index contributed by atoms with van der Waals surface area (Å²) in [7, 11) is 0. The zero-order chi connectivity index (χ0) is 18.6. The van der Waals surface area contributed by atoms with Crippen LogP contribution >= 0.6 is 11.6 Å². The molecule has 0 bridgehead atoms. The van der Waals surface area contributed by atoms with Gasteiger partial charge in [0.2, 0.25) is 6.79 Å². The third kappa shape index (κ3) is 3.91. The summed E-state index contributed by atoms with van der Waals surface area (Å²) in [4.78, 5) is 0. The van der Waals surface area contributed by atoms with E-state index in [0.717, 1.165) is 11.3 Å². The van der Waals surface area contributed by atoms with Crippen LogP contribution in [0.2, 0.25) is 5.02 Å². The fraction of sp³-hybridized carbons (Fsp3) is 0.0952. The summed E-state index contributed by atoms with van der Waals surface area (Å²) in [5.74, 6) is 2.92. The Morgan fingerprint density at radius 1 is 1.04 bits per heavy atom. The Bertz CT molecular complexity index is 1030. The second kappa shape index (κ2) is 7.48. The van der Waals surface area contributed by atoms with E-state index in [9.17, 15) is 5.26 Å². The van der Waals surface area contributed by atoms with Crippen LogP contribution in [0, 0.1) is 17.4 Å². The van der Waals surface area contributed by atoms with Crippen molar-refractivity contribution in [2.45, 2.75) is 6.61 Å². The van der Waals surface area contributed by atoms with Crippen molar-refractivity contribution in [1.82, 2.24) is 0 Å². The van der Waals surface area contributed by atoms with E-state index in [1.54, 1.807) is 36.4 Å². The first-order chi connectivity index (χ1) is 13.2. The van der Waals surface area contributed by atoms with Crippen LogP contribution in [-0.2, 0) is 6.61 Å². The molecule has 0 aliphatic carbocycles. The highest BCUT2D eigenvalue weighted by Crippen LogP contribution is 2.34. The number of hydrogen-bond donors (Lipinski definition) is 0. The van der Waals surface area contributed by atoms with Crippen molar-refractivity contribution in [2.24, 2.45) is 0 Å². The number of hydrogen-bond acceptors (Lipinski definition) is 5. The maximum atomic E-state index is 9.31. The molecule has 6 heteroatoms. The van der Waals surface area contributed by atoms with Crippen LogP contribution in [-0.4, -0.2) is 6.79 Å². The normalized spacial score (nSPS) is 11.7. The lowest BCUT2D eigenvalue weighted by atomic mass is 10.2. The lowest BCUT2D eigenvalue weighted by molar-refractivity contribution is 0.174. The summed E-state index contributed by atoms with van der Waals surface area (Å²) in [5, 5.41) is 9.74. The SMILES string of the molecule is N#Cc1ccc(OCc2ccc3c(c2)OCO3)cc1Oc1cc[c]c(Cl)c1. The van der Waals surface area contributed by atoms with E-state index in [2.05, 4.69) is 12.1 Å². The Labute approximate surface area is 161 Å². The van der Waals surface area contributed by atoms with Crippen LogP contribution in [0.3, 0.4) is 0 Å². The second-order valence-electron chi connectivity index (χ2n) is 5.72. The van der Waals surface area contributed by atoms with Crippen LogP contribution < -0.4 is 18.9 Å². The molecule has 4 rings (SSSR count). The smallest absolute Gasteiger partial charge is 0.231 e. The average molecular weight is 379 g/mol. The highest BCUT2D eigenvalue weighted by Gasteiger charge is 2.14. The van der Waals surface area contributed by atoms with Gasteiger partial charge in [-0.05, 0) is 42.0 Å².